The number of thioether (sulfide) groups is 1. The average Bonchev–Trinajstić information content (AvgIpc) is 2.60. The van der Waals surface area contributed by atoms with Crippen LogP contribution in [0, 0.1) is 0 Å². The maximum Gasteiger partial charge on any atom is 0.176 e. The Labute approximate surface area is 171 Å². The lowest BCUT2D eigenvalue weighted by Gasteiger charge is -2.12. The molecule has 3 nitrogen and oxygen atoms in total. The van der Waals surface area contributed by atoms with Crippen molar-refractivity contribution in [1.29, 1.82) is 0 Å². The normalized spacial score (nSPS) is 12.2. The van der Waals surface area contributed by atoms with Gasteiger partial charge in [-0.15, -0.1) is 17.4 Å². The summed E-state index contributed by atoms with van der Waals surface area (Å²) in [6.07, 6.45) is 3.20. The summed E-state index contributed by atoms with van der Waals surface area (Å²) in [5.74, 6) is 0.644. The van der Waals surface area contributed by atoms with Gasteiger partial charge in [0.15, 0.2) is 10.9 Å². The zero-order valence-corrected chi connectivity index (χ0v) is 17.4. The second-order valence-corrected chi connectivity index (χ2v) is 6.90. The van der Waals surface area contributed by atoms with E-state index in [4.69, 9.17) is 4.74 Å². The third kappa shape index (κ3) is 5.31. The number of aliphatic imine (C=N–C) groups is 1. The van der Waals surface area contributed by atoms with Crippen LogP contribution in [-0.2, 0) is 4.74 Å². The van der Waals surface area contributed by atoms with E-state index in [0.717, 1.165) is 17.5 Å². The first-order valence-corrected chi connectivity index (χ1v) is 8.84. The molecule has 0 amide bonds. The first-order valence-electron chi connectivity index (χ1n) is 7.85. The molecule has 0 fully saturated rings. The zero-order chi connectivity index (χ0) is 16.9. The van der Waals surface area contributed by atoms with Crippen LogP contribution in [0.2, 0.25) is 0 Å². The molecule has 1 heterocycles. The molecule has 0 unspecified atom stereocenters. The van der Waals surface area contributed by atoms with Crippen molar-refractivity contribution >= 4 is 41.7 Å². The number of rotatable bonds is 6. The zero-order valence-electron chi connectivity index (χ0n) is 15.0. The third-order valence-corrected chi connectivity index (χ3v) is 4.67. The van der Waals surface area contributed by atoms with E-state index in [2.05, 4.69) is 72.7 Å². The Balaban J connectivity index is 0.00000169. The van der Waals surface area contributed by atoms with Crippen LogP contribution in [0.5, 0.6) is 0 Å². The molecule has 0 aliphatic carbocycles. The first kappa shape index (κ1) is 22.7. The van der Waals surface area contributed by atoms with E-state index in [1.165, 1.54) is 21.3 Å². The second-order valence-electron chi connectivity index (χ2n) is 5.91. The molecule has 1 aliphatic rings. The highest BCUT2D eigenvalue weighted by Gasteiger charge is 2.22. The molecule has 3 rings (SSSR count). The summed E-state index contributed by atoms with van der Waals surface area (Å²) in [6, 6.07) is 16.9. The standard InChI is InChI=1S/C20H21N2OS.2ClH/c1-22(2)13-19-20(15-7-5-4-6-8-15)18-11-17(24-14-23-3)10-9-16(18)12-21-19;;/h4-11H,13-14H2,1-3H3;2*1H/q+1;;/p-1. The maximum absolute atomic E-state index is 5.19. The fraction of sp³-hybridized carbons (Fsp3) is 0.250. The van der Waals surface area contributed by atoms with Crippen LogP contribution in [0.15, 0.2) is 58.4 Å². The fourth-order valence-corrected chi connectivity index (χ4v) is 3.34. The third-order valence-electron chi connectivity index (χ3n) is 3.73. The van der Waals surface area contributed by atoms with Gasteiger partial charge in [-0.2, -0.15) is 0 Å². The van der Waals surface area contributed by atoms with E-state index in [1.807, 2.05) is 6.07 Å². The van der Waals surface area contributed by atoms with E-state index in [9.17, 15) is 0 Å². The Morgan fingerprint density at radius 3 is 2.50 bits per heavy atom. The van der Waals surface area contributed by atoms with Crippen molar-refractivity contribution in [3.8, 4) is 0 Å². The summed E-state index contributed by atoms with van der Waals surface area (Å²) in [6.45, 7) is 0.784. The molecule has 2 aromatic carbocycles. The highest BCUT2D eigenvalue weighted by atomic mass is 35.5. The van der Waals surface area contributed by atoms with Crippen LogP contribution < -0.4 is 22.8 Å². The minimum absolute atomic E-state index is 0. The Morgan fingerprint density at radius 2 is 1.85 bits per heavy atom. The molecule has 0 saturated carbocycles. The van der Waals surface area contributed by atoms with Crippen LogP contribution >= 0.6 is 24.2 Å². The minimum atomic E-state index is 0. The lowest BCUT2D eigenvalue weighted by molar-refractivity contribution is -0.00000529. The monoisotopic (exact) mass is 408 g/mol. The highest BCUT2D eigenvalue weighted by Crippen LogP contribution is 2.18. The number of ether oxygens (including phenoxy) is 1. The van der Waals surface area contributed by atoms with Gasteiger partial charge in [0.1, 0.15) is 6.20 Å². The number of fused-ring (bicyclic) bond motifs is 1. The van der Waals surface area contributed by atoms with Gasteiger partial charge < -0.3 is 17.1 Å². The van der Waals surface area contributed by atoms with Crippen LogP contribution in [0.3, 0.4) is 0 Å². The molecule has 26 heavy (non-hydrogen) atoms. The molecular formula is C20H22Cl2N2OS. The molecule has 0 saturated heterocycles. The van der Waals surface area contributed by atoms with Gasteiger partial charge in [0.25, 0.3) is 0 Å². The van der Waals surface area contributed by atoms with Crippen molar-refractivity contribution < 1.29 is 17.1 Å². The molecule has 0 N–H and O–H groups in total. The summed E-state index contributed by atoms with van der Waals surface area (Å²) in [7, 11) is 5.84. The highest BCUT2D eigenvalue weighted by molar-refractivity contribution is 7.99. The van der Waals surface area contributed by atoms with Gasteiger partial charge in [-0.1, -0.05) is 42.1 Å². The van der Waals surface area contributed by atoms with Crippen molar-refractivity contribution in [1.82, 2.24) is 4.90 Å². The molecule has 0 aromatic heterocycles. The van der Waals surface area contributed by atoms with Gasteiger partial charge >= 0.3 is 0 Å². The van der Waals surface area contributed by atoms with Gasteiger partial charge in [0.05, 0.1) is 23.3 Å². The van der Waals surface area contributed by atoms with Gasteiger partial charge in [-0.05, 0) is 20.2 Å². The van der Waals surface area contributed by atoms with Crippen LogP contribution in [0.25, 0.3) is 11.8 Å². The van der Waals surface area contributed by atoms with Crippen molar-refractivity contribution in [3.05, 3.63) is 64.5 Å². The quantitative estimate of drug-likeness (QED) is 0.370. The average molecular weight is 409 g/mol. The van der Waals surface area contributed by atoms with E-state index < -0.39 is 0 Å². The predicted molar refractivity (Wildman–Crippen MR) is 109 cm³/mol. The van der Waals surface area contributed by atoms with E-state index in [1.54, 1.807) is 18.9 Å². The van der Waals surface area contributed by atoms with E-state index in [0.29, 0.717) is 5.94 Å². The Bertz CT molecular complexity index is 867. The smallest absolute Gasteiger partial charge is 0.176 e. The first-order chi connectivity index (χ1) is 11.7. The summed E-state index contributed by atoms with van der Waals surface area (Å²) >= 11 is 1.69. The summed E-state index contributed by atoms with van der Waals surface area (Å²) in [5, 5.41) is 2.23. The Hall–Kier alpha value is -1.39. The number of halogens is 2. The Kier molecular flexibility index (Phi) is 9.31. The number of nitrogens with zero attached hydrogens (tertiary/aromatic N) is 2. The summed E-state index contributed by atoms with van der Waals surface area (Å²) in [5.41, 5.74) is 3.43. The lowest BCUT2D eigenvalue weighted by atomic mass is 9.96. The maximum atomic E-state index is 5.19. The second kappa shape index (κ2) is 10.7. The molecule has 0 bridgehead atoms. The Morgan fingerprint density at radius 1 is 1.12 bits per heavy atom. The van der Waals surface area contributed by atoms with E-state index in [-0.39, 0.29) is 24.8 Å². The molecule has 6 heteroatoms. The van der Waals surface area contributed by atoms with Crippen LogP contribution in [0.4, 0.5) is 0 Å². The molecule has 0 atom stereocenters. The molecule has 1 aliphatic heterocycles. The van der Waals surface area contributed by atoms with Crippen LogP contribution in [-0.4, -0.2) is 44.3 Å². The van der Waals surface area contributed by atoms with Gasteiger partial charge in [-0.25, -0.2) is 0 Å². The SMILES string of the molecule is COCSc1ccc2c(c1)=C(c1ccccc1)C(CN(C)C)=N[C+]=2.Cl.[Cl-]. The number of methoxy groups -OCH3 is 1. The van der Waals surface area contributed by atoms with Gasteiger partial charge in [-0.3, -0.25) is 4.90 Å². The molecule has 0 spiro atoms. The number of benzene rings is 2. The van der Waals surface area contributed by atoms with Crippen molar-refractivity contribution in [2.24, 2.45) is 4.99 Å². The summed E-state index contributed by atoms with van der Waals surface area (Å²) in [4.78, 5) is 7.95. The largest absolute Gasteiger partial charge is 1.00 e. The van der Waals surface area contributed by atoms with Crippen molar-refractivity contribution in [2.45, 2.75) is 4.90 Å². The predicted octanol–water partition coefficient (Wildman–Crippen LogP) is -0.361. The van der Waals surface area contributed by atoms with Gasteiger partial charge in [0.2, 0.25) is 0 Å². The molecular weight excluding hydrogens is 387 g/mol. The van der Waals surface area contributed by atoms with Gasteiger partial charge in [0, 0.05) is 29.7 Å². The van der Waals surface area contributed by atoms with E-state index >= 15 is 0 Å². The minimum Gasteiger partial charge on any atom is -1.00 e. The van der Waals surface area contributed by atoms with Crippen LogP contribution in [0.1, 0.15) is 5.56 Å². The number of hydrogen-bond acceptors (Lipinski definition) is 4. The molecule has 138 valence electrons. The van der Waals surface area contributed by atoms with Crippen molar-refractivity contribution in [2.75, 3.05) is 33.7 Å². The fourth-order valence-electron chi connectivity index (χ4n) is 2.72. The molecule has 2 aromatic rings. The summed E-state index contributed by atoms with van der Waals surface area (Å²) < 4.78 is 5.19. The number of hydrogen-bond donors (Lipinski definition) is 0. The van der Waals surface area contributed by atoms with Crippen molar-refractivity contribution in [3.63, 3.8) is 0 Å². The molecule has 0 radical (unpaired) electrons. The topological polar surface area (TPSA) is 24.8 Å². The lowest BCUT2D eigenvalue weighted by Crippen LogP contribution is -3.00.